The SMILES string of the molecule is C=C(c1cnn(-c2cc(=O)[nH]c(C)n2)c1)c1ccc(C(F)(F)F)cc1C. The average Bonchev–Trinajstić information content (AvgIpc) is 3.02. The third-order valence-electron chi connectivity index (χ3n) is 3.89. The first-order chi connectivity index (χ1) is 12.1. The third-order valence-corrected chi connectivity index (χ3v) is 3.89. The van der Waals surface area contributed by atoms with E-state index in [0.29, 0.717) is 33.9 Å². The number of aryl methyl sites for hydroxylation is 2. The van der Waals surface area contributed by atoms with Crippen LogP contribution in [-0.2, 0) is 6.18 Å². The maximum absolute atomic E-state index is 12.8. The van der Waals surface area contributed by atoms with Crippen molar-refractivity contribution in [3.8, 4) is 5.82 Å². The fraction of sp³-hybridized carbons (Fsp3) is 0.167. The van der Waals surface area contributed by atoms with E-state index in [4.69, 9.17) is 0 Å². The zero-order valence-corrected chi connectivity index (χ0v) is 14.1. The molecule has 8 heteroatoms. The minimum Gasteiger partial charge on any atom is -0.311 e. The smallest absolute Gasteiger partial charge is 0.311 e. The van der Waals surface area contributed by atoms with E-state index in [-0.39, 0.29) is 5.56 Å². The summed E-state index contributed by atoms with van der Waals surface area (Å²) in [6.07, 6.45) is -1.24. The van der Waals surface area contributed by atoms with Crippen LogP contribution in [0.1, 0.15) is 28.1 Å². The quantitative estimate of drug-likeness (QED) is 0.775. The van der Waals surface area contributed by atoms with Crippen LogP contribution in [-0.4, -0.2) is 19.7 Å². The Labute approximate surface area is 146 Å². The Bertz CT molecular complexity index is 1050. The van der Waals surface area contributed by atoms with Crippen LogP contribution in [0.15, 0.2) is 48.0 Å². The Morgan fingerprint density at radius 3 is 2.58 bits per heavy atom. The number of rotatable bonds is 3. The predicted molar refractivity (Wildman–Crippen MR) is 91.0 cm³/mol. The van der Waals surface area contributed by atoms with Crippen molar-refractivity contribution >= 4 is 5.57 Å². The molecule has 0 unspecified atom stereocenters. The zero-order valence-electron chi connectivity index (χ0n) is 14.1. The largest absolute Gasteiger partial charge is 0.416 e. The van der Waals surface area contributed by atoms with Gasteiger partial charge in [0.1, 0.15) is 5.82 Å². The van der Waals surface area contributed by atoms with Gasteiger partial charge >= 0.3 is 6.18 Å². The van der Waals surface area contributed by atoms with E-state index < -0.39 is 11.7 Å². The van der Waals surface area contributed by atoms with E-state index in [1.54, 1.807) is 20.0 Å². The Kier molecular flexibility index (Phi) is 4.27. The molecule has 0 aliphatic carbocycles. The Balaban J connectivity index is 1.95. The molecule has 0 aliphatic heterocycles. The topological polar surface area (TPSA) is 63.6 Å². The second-order valence-corrected chi connectivity index (χ2v) is 5.87. The van der Waals surface area contributed by atoms with Gasteiger partial charge in [0.05, 0.1) is 11.8 Å². The number of nitrogens with zero attached hydrogens (tertiary/aromatic N) is 3. The van der Waals surface area contributed by atoms with Crippen LogP contribution in [0, 0.1) is 13.8 Å². The van der Waals surface area contributed by atoms with Gasteiger partial charge in [-0.2, -0.15) is 18.3 Å². The van der Waals surface area contributed by atoms with Crippen molar-refractivity contribution in [3.05, 3.63) is 81.7 Å². The first-order valence-corrected chi connectivity index (χ1v) is 7.65. The Hall–Kier alpha value is -3.16. The molecular formula is C18H15F3N4O. The molecule has 0 aliphatic rings. The fourth-order valence-electron chi connectivity index (χ4n) is 2.62. The number of hydrogen-bond acceptors (Lipinski definition) is 3. The minimum absolute atomic E-state index is 0.304. The number of halogens is 3. The lowest BCUT2D eigenvalue weighted by molar-refractivity contribution is -0.137. The lowest BCUT2D eigenvalue weighted by atomic mass is 9.96. The van der Waals surface area contributed by atoms with Gasteiger partial charge in [0.2, 0.25) is 0 Å². The molecule has 2 heterocycles. The van der Waals surface area contributed by atoms with Crippen LogP contribution in [0.4, 0.5) is 13.2 Å². The average molecular weight is 360 g/mol. The summed E-state index contributed by atoms with van der Waals surface area (Å²) < 4.78 is 39.8. The molecule has 1 N–H and O–H groups in total. The molecule has 1 aromatic carbocycles. The summed E-state index contributed by atoms with van der Waals surface area (Å²) >= 11 is 0. The molecule has 2 aromatic heterocycles. The number of nitrogens with one attached hydrogen (secondary N) is 1. The van der Waals surface area contributed by atoms with Crippen LogP contribution >= 0.6 is 0 Å². The maximum atomic E-state index is 12.8. The molecule has 5 nitrogen and oxygen atoms in total. The van der Waals surface area contributed by atoms with Gasteiger partial charge in [-0.15, -0.1) is 0 Å². The van der Waals surface area contributed by atoms with Crippen molar-refractivity contribution in [2.24, 2.45) is 0 Å². The second kappa shape index (κ2) is 6.29. The first kappa shape index (κ1) is 17.7. The molecule has 26 heavy (non-hydrogen) atoms. The summed E-state index contributed by atoms with van der Waals surface area (Å²) in [5.41, 5.74) is 1.19. The highest BCUT2D eigenvalue weighted by Gasteiger charge is 2.30. The highest BCUT2D eigenvalue weighted by Crippen LogP contribution is 2.33. The number of alkyl halides is 3. The molecule has 0 fully saturated rings. The summed E-state index contributed by atoms with van der Waals surface area (Å²) in [7, 11) is 0. The van der Waals surface area contributed by atoms with E-state index in [9.17, 15) is 18.0 Å². The minimum atomic E-state index is -4.39. The van der Waals surface area contributed by atoms with Gasteiger partial charge in [0, 0.05) is 17.8 Å². The summed E-state index contributed by atoms with van der Waals surface area (Å²) in [6.45, 7) is 7.22. The molecule has 0 radical (unpaired) electrons. The second-order valence-electron chi connectivity index (χ2n) is 5.87. The summed E-state index contributed by atoms with van der Waals surface area (Å²) in [4.78, 5) is 18.3. The van der Waals surface area contributed by atoms with E-state index in [2.05, 4.69) is 21.6 Å². The van der Waals surface area contributed by atoms with Crippen molar-refractivity contribution < 1.29 is 13.2 Å². The standard InChI is InChI=1S/C18H15F3N4O/c1-10-6-14(18(19,20)21)4-5-15(10)11(2)13-8-22-25(9-13)16-7-17(26)24-12(3)23-16/h4-9H,2H2,1,3H3,(H,23,24,26). The monoisotopic (exact) mass is 360 g/mol. The van der Waals surface area contributed by atoms with Crippen molar-refractivity contribution in [1.82, 2.24) is 19.7 Å². The van der Waals surface area contributed by atoms with E-state index in [1.165, 1.54) is 23.0 Å². The van der Waals surface area contributed by atoms with Gasteiger partial charge in [0.15, 0.2) is 5.82 Å². The molecule has 134 valence electrons. The number of aromatic amines is 1. The summed E-state index contributed by atoms with van der Waals surface area (Å²) in [5, 5.41) is 4.16. The lowest BCUT2D eigenvalue weighted by Gasteiger charge is -2.12. The molecule has 0 saturated carbocycles. The Morgan fingerprint density at radius 2 is 1.96 bits per heavy atom. The van der Waals surface area contributed by atoms with Gasteiger partial charge in [-0.3, -0.25) is 4.79 Å². The van der Waals surface area contributed by atoms with Gasteiger partial charge < -0.3 is 4.98 Å². The van der Waals surface area contributed by atoms with E-state index >= 15 is 0 Å². The van der Waals surface area contributed by atoms with Crippen LogP contribution in [0.5, 0.6) is 0 Å². The van der Waals surface area contributed by atoms with Crippen molar-refractivity contribution in [3.63, 3.8) is 0 Å². The van der Waals surface area contributed by atoms with Crippen LogP contribution < -0.4 is 5.56 Å². The van der Waals surface area contributed by atoms with Gasteiger partial charge in [0.25, 0.3) is 5.56 Å². The highest BCUT2D eigenvalue weighted by atomic mass is 19.4. The van der Waals surface area contributed by atoms with Crippen molar-refractivity contribution in [1.29, 1.82) is 0 Å². The molecule has 0 spiro atoms. The fourth-order valence-corrected chi connectivity index (χ4v) is 2.62. The summed E-state index contributed by atoms with van der Waals surface area (Å²) in [5.74, 6) is 0.788. The van der Waals surface area contributed by atoms with Gasteiger partial charge in [-0.05, 0) is 42.7 Å². The number of aromatic nitrogens is 4. The molecule has 0 saturated heterocycles. The molecule has 0 amide bonds. The van der Waals surface area contributed by atoms with E-state index in [0.717, 1.165) is 12.1 Å². The Morgan fingerprint density at radius 1 is 1.23 bits per heavy atom. The maximum Gasteiger partial charge on any atom is 0.416 e. The number of hydrogen-bond donors (Lipinski definition) is 1. The van der Waals surface area contributed by atoms with Crippen molar-refractivity contribution in [2.45, 2.75) is 20.0 Å². The molecule has 0 bridgehead atoms. The van der Waals surface area contributed by atoms with Gasteiger partial charge in [-0.25, -0.2) is 9.67 Å². The number of H-pyrrole nitrogens is 1. The van der Waals surface area contributed by atoms with Crippen LogP contribution in [0.3, 0.4) is 0 Å². The zero-order chi connectivity index (χ0) is 19.1. The predicted octanol–water partition coefficient (Wildman–Crippen LogP) is 3.65. The normalized spacial score (nSPS) is 11.6. The number of benzene rings is 1. The molecular weight excluding hydrogens is 345 g/mol. The van der Waals surface area contributed by atoms with Crippen LogP contribution in [0.25, 0.3) is 11.4 Å². The third kappa shape index (κ3) is 3.44. The van der Waals surface area contributed by atoms with E-state index in [1.807, 2.05) is 0 Å². The van der Waals surface area contributed by atoms with Crippen LogP contribution in [0.2, 0.25) is 0 Å². The lowest BCUT2D eigenvalue weighted by Crippen LogP contribution is -2.12. The molecule has 3 aromatic rings. The van der Waals surface area contributed by atoms with Gasteiger partial charge in [-0.1, -0.05) is 12.6 Å². The molecule has 3 rings (SSSR count). The molecule has 0 atom stereocenters. The highest BCUT2D eigenvalue weighted by molar-refractivity contribution is 5.79. The summed E-state index contributed by atoms with van der Waals surface area (Å²) in [6, 6.07) is 4.82. The van der Waals surface area contributed by atoms with Crippen molar-refractivity contribution in [2.75, 3.05) is 0 Å². The first-order valence-electron chi connectivity index (χ1n) is 7.65.